The first-order chi connectivity index (χ1) is 19.2. The lowest BCUT2D eigenvalue weighted by Crippen LogP contribution is -2.68. The lowest BCUT2D eigenvalue weighted by molar-refractivity contribution is -0.564. The molecule has 1 aromatic rings. The molecule has 5 nitrogen and oxygen atoms in total. The normalized spacial score (nSPS) is 16.7. The van der Waals surface area contributed by atoms with E-state index in [1.54, 1.807) is 11.3 Å². The molecule has 2 atom stereocenters. The number of benzene rings is 1. The molecule has 0 N–H and O–H groups in total. The van der Waals surface area contributed by atoms with Crippen molar-refractivity contribution in [1.29, 1.82) is 0 Å². The van der Waals surface area contributed by atoms with Crippen LogP contribution in [0, 0.1) is 0 Å². The number of rotatable bonds is 15. The summed E-state index contributed by atoms with van der Waals surface area (Å²) in [4.78, 5) is 13.8. The molecule has 0 aliphatic heterocycles. The van der Waals surface area contributed by atoms with Crippen LogP contribution in [0.3, 0.4) is 0 Å². The average Bonchev–Trinajstić information content (AvgIpc) is 2.89. The van der Waals surface area contributed by atoms with E-state index >= 15 is 4.39 Å². The van der Waals surface area contributed by atoms with E-state index in [1.807, 2.05) is 0 Å². The van der Waals surface area contributed by atoms with Crippen LogP contribution in [0.15, 0.2) is 54.9 Å². The van der Waals surface area contributed by atoms with Gasteiger partial charge in [-0.2, -0.15) is 61.5 Å². The van der Waals surface area contributed by atoms with Crippen molar-refractivity contribution in [2.75, 3.05) is 11.4 Å². The first kappa shape index (κ1) is 38.2. The zero-order valence-corrected chi connectivity index (χ0v) is 22.3. The van der Waals surface area contributed by atoms with Crippen molar-refractivity contribution in [3.63, 3.8) is 0 Å². The number of hydrogen-bond acceptors (Lipinski definition) is 4. The van der Waals surface area contributed by atoms with Crippen molar-refractivity contribution in [3.05, 3.63) is 54.9 Å². The molecule has 43 heavy (non-hydrogen) atoms. The molecule has 0 bridgehead atoms. The Morgan fingerprint density at radius 2 is 1.28 bits per heavy atom. The van der Waals surface area contributed by atoms with E-state index in [9.17, 15) is 66.4 Å². The Kier molecular flexibility index (Phi) is 11.3. The molecule has 0 fully saturated rings. The first-order valence-corrected chi connectivity index (χ1v) is 14.1. The van der Waals surface area contributed by atoms with E-state index in [0.29, 0.717) is 0 Å². The summed E-state index contributed by atoms with van der Waals surface area (Å²) in [6.07, 6.45) is -37.3. The van der Waals surface area contributed by atoms with Gasteiger partial charge in [0.1, 0.15) is 0 Å². The van der Waals surface area contributed by atoms with E-state index in [4.69, 9.17) is 0 Å². The van der Waals surface area contributed by atoms with E-state index in [-0.39, 0.29) is 17.4 Å². The van der Waals surface area contributed by atoms with Gasteiger partial charge in [-0.3, -0.25) is 14.3 Å². The van der Waals surface area contributed by atoms with Crippen LogP contribution >= 0.6 is 0 Å². The maximum absolute atomic E-state index is 15.3. The molecule has 1 amide bonds. The molecule has 0 heterocycles. The van der Waals surface area contributed by atoms with Crippen LogP contribution in [0.1, 0.15) is 6.42 Å². The van der Waals surface area contributed by atoms with Crippen LogP contribution in [-0.2, 0) is 19.2 Å². The van der Waals surface area contributed by atoms with Crippen LogP contribution in [-0.4, -0.2) is 62.9 Å². The minimum absolute atomic E-state index is 0.0222. The molecular formula is C22H20F15NO4Si. The molecular weight excluding hydrogens is 655 g/mol. The third-order valence-corrected chi connectivity index (χ3v) is 8.99. The van der Waals surface area contributed by atoms with Crippen LogP contribution in [0.2, 0.25) is 12.6 Å². The van der Waals surface area contributed by atoms with Gasteiger partial charge in [0.05, 0.1) is 8.07 Å². The van der Waals surface area contributed by atoms with Crippen LogP contribution in [0.25, 0.3) is 0 Å². The fourth-order valence-corrected chi connectivity index (χ4v) is 4.56. The number of anilines is 1. The largest absolute Gasteiger partial charge is 0.478 e. The Morgan fingerprint density at radius 1 is 0.791 bits per heavy atom. The number of hydrogen-bond donors (Lipinski definition) is 0. The summed E-state index contributed by atoms with van der Waals surface area (Å²) in [5.74, 6) is -17.8. The van der Waals surface area contributed by atoms with Gasteiger partial charge in [-0.15, -0.1) is 18.1 Å². The summed E-state index contributed by atoms with van der Waals surface area (Å²) >= 11 is 0. The lowest BCUT2D eigenvalue weighted by atomic mass is 10.1. The number of amides is 1. The maximum atomic E-state index is 15.3. The number of para-hydroxylation sites is 1. The Bertz CT molecular complexity index is 1120. The van der Waals surface area contributed by atoms with E-state index in [1.165, 1.54) is 22.4 Å². The van der Waals surface area contributed by atoms with Crippen molar-refractivity contribution in [2.24, 2.45) is 0 Å². The molecule has 0 radical (unpaired) electrons. The van der Waals surface area contributed by atoms with Gasteiger partial charge < -0.3 is 4.90 Å². The highest BCUT2D eigenvalue weighted by Gasteiger charge is 2.83. The SMILES string of the molecule is C=C[Si](C)(C=C)CCCN(C(=O)C(F)(OC(F)(F)C(F)(OC(F)(F)C(F)(F)OF)C(F)(F)F)C(F)(F)F)c1ccccc1. The zero-order chi connectivity index (χ0) is 33.9. The molecule has 21 heteroatoms. The molecule has 0 aliphatic carbocycles. The highest BCUT2D eigenvalue weighted by Crippen LogP contribution is 2.55. The maximum Gasteiger partial charge on any atom is 0.478 e. The minimum Gasteiger partial charge on any atom is -0.307 e. The first-order valence-electron chi connectivity index (χ1n) is 11.2. The predicted octanol–water partition coefficient (Wildman–Crippen LogP) is 8.11. The van der Waals surface area contributed by atoms with Crippen molar-refractivity contribution >= 4 is 19.7 Å². The summed E-state index contributed by atoms with van der Waals surface area (Å²) in [6.45, 7) is 7.68. The summed E-state index contributed by atoms with van der Waals surface area (Å²) in [6, 6.07) is 4.91. The summed E-state index contributed by atoms with van der Waals surface area (Å²) in [5.41, 5.74) is 2.16. The molecule has 2 unspecified atom stereocenters. The molecule has 0 aromatic heterocycles. The Balaban J connectivity index is 3.74. The second-order valence-electron chi connectivity index (χ2n) is 8.83. The third-order valence-electron chi connectivity index (χ3n) is 5.69. The number of carbonyl (C=O) groups excluding carboxylic acids is 1. The monoisotopic (exact) mass is 675 g/mol. The van der Waals surface area contributed by atoms with Gasteiger partial charge in [0.15, 0.2) is 0 Å². The van der Waals surface area contributed by atoms with Gasteiger partial charge in [-0.25, -0.2) is 0 Å². The van der Waals surface area contributed by atoms with Crippen LogP contribution in [0.5, 0.6) is 0 Å². The lowest BCUT2D eigenvalue weighted by Gasteiger charge is -2.40. The second-order valence-corrected chi connectivity index (χ2v) is 13.2. The number of nitrogens with zero attached hydrogens (tertiary/aromatic N) is 1. The Hall–Kier alpha value is -2.78. The predicted molar refractivity (Wildman–Crippen MR) is 119 cm³/mol. The highest BCUT2D eigenvalue weighted by atomic mass is 28.3. The Labute approximate surface area is 233 Å². The topological polar surface area (TPSA) is 48.0 Å². The standard InChI is InChI=1S/C22H20F15NO4Si/c1-4-43(3,5-2)13-9-12-38(14-10-7-6-8-11-14)15(39)16(23,18(25,26)27)40-20(31,32)17(24,19(28,29)30)41-21(33,34)22(35,36)42-37/h4-8,10-11H,1-2,9,12-13H2,3H3. The highest BCUT2D eigenvalue weighted by molar-refractivity contribution is 6.87. The molecule has 246 valence electrons. The molecule has 0 saturated heterocycles. The number of ether oxygens (including phenoxy) is 2. The van der Waals surface area contributed by atoms with Gasteiger partial charge in [-0.05, 0) is 29.1 Å². The molecule has 0 spiro atoms. The van der Waals surface area contributed by atoms with E-state index in [0.717, 1.165) is 24.3 Å². The minimum atomic E-state index is -7.80. The molecule has 1 rings (SSSR count). The van der Waals surface area contributed by atoms with Crippen LogP contribution in [0.4, 0.5) is 71.7 Å². The van der Waals surface area contributed by atoms with Crippen molar-refractivity contribution < 1.29 is 85.2 Å². The fourth-order valence-electron chi connectivity index (χ4n) is 3.06. The second kappa shape index (κ2) is 12.7. The summed E-state index contributed by atoms with van der Waals surface area (Å²) in [5, 5.41) is 0. The molecule has 0 saturated carbocycles. The quantitative estimate of drug-likeness (QED) is 0.139. The van der Waals surface area contributed by atoms with Gasteiger partial charge in [0.25, 0.3) is 0 Å². The number of halogens is 15. The molecule has 1 aromatic carbocycles. The Morgan fingerprint density at radius 3 is 1.67 bits per heavy atom. The smallest absolute Gasteiger partial charge is 0.307 e. The van der Waals surface area contributed by atoms with Gasteiger partial charge in [0, 0.05) is 12.2 Å². The summed E-state index contributed by atoms with van der Waals surface area (Å²) in [7, 11) is -2.55. The van der Waals surface area contributed by atoms with Gasteiger partial charge in [-0.1, -0.05) is 36.1 Å². The van der Waals surface area contributed by atoms with E-state index in [2.05, 4.69) is 17.9 Å². The zero-order valence-electron chi connectivity index (χ0n) is 21.3. The summed E-state index contributed by atoms with van der Waals surface area (Å²) < 4.78 is 208. The number of carbonyl (C=O) groups is 1. The van der Waals surface area contributed by atoms with Gasteiger partial charge in [0.2, 0.25) is 0 Å². The average molecular weight is 675 g/mol. The van der Waals surface area contributed by atoms with Crippen LogP contribution < -0.4 is 4.90 Å². The van der Waals surface area contributed by atoms with Crippen molar-refractivity contribution in [1.82, 2.24) is 0 Å². The molecule has 0 aliphatic rings. The van der Waals surface area contributed by atoms with Crippen molar-refractivity contribution in [3.8, 4) is 0 Å². The third kappa shape index (κ3) is 7.84. The van der Waals surface area contributed by atoms with Crippen molar-refractivity contribution in [2.45, 2.75) is 61.4 Å². The fraction of sp³-hybridized carbons (Fsp3) is 0.500. The number of alkyl halides is 14. The van der Waals surface area contributed by atoms with E-state index < -0.39 is 68.6 Å². The van der Waals surface area contributed by atoms with Gasteiger partial charge >= 0.3 is 48.3 Å².